The van der Waals surface area contributed by atoms with Gasteiger partial charge in [-0.25, -0.2) is 4.79 Å². The van der Waals surface area contributed by atoms with E-state index in [0.717, 1.165) is 19.5 Å². The highest BCUT2D eigenvalue weighted by molar-refractivity contribution is 5.96. The number of amides is 1. The van der Waals surface area contributed by atoms with E-state index in [1.54, 1.807) is 6.07 Å². The van der Waals surface area contributed by atoms with E-state index in [0.29, 0.717) is 18.4 Å². The molecule has 1 unspecified atom stereocenters. The van der Waals surface area contributed by atoms with Crippen LogP contribution in [0, 0.1) is 0 Å². The lowest BCUT2D eigenvalue weighted by Crippen LogP contribution is -2.40. The average molecular weight is 276 g/mol. The van der Waals surface area contributed by atoms with Crippen molar-refractivity contribution in [3.8, 4) is 0 Å². The van der Waals surface area contributed by atoms with Crippen molar-refractivity contribution in [1.82, 2.24) is 10.6 Å². The molecule has 1 amide bonds. The fraction of sp³-hybridized carbons (Fsp3) is 0.467. The molecule has 5 nitrogen and oxygen atoms in total. The zero-order chi connectivity index (χ0) is 14.5. The second kappa shape index (κ2) is 6.52. The van der Waals surface area contributed by atoms with Gasteiger partial charge in [0, 0.05) is 12.1 Å². The van der Waals surface area contributed by atoms with Gasteiger partial charge in [-0.3, -0.25) is 4.79 Å². The van der Waals surface area contributed by atoms with Gasteiger partial charge in [0.25, 0.3) is 5.91 Å². The van der Waals surface area contributed by atoms with E-state index in [1.807, 2.05) is 19.1 Å². The Hall–Kier alpha value is -1.88. The highest BCUT2D eigenvalue weighted by Crippen LogP contribution is 2.16. The van der Waals surface area contributed by atoms with Gasteiger partial charge >= 0.3 is 5.97 Å². The number of carbonyl (C=O) groups excluding carboxylic acids is 1. The first-order valence-electron chi connectivity index (χ1n) is 6.98. The minimum atomic E-state index is -0.984. The molecule has 0 bridgehead atoms. The van der Waals surface area contributed by atoms with Gasteiger partial charge in [0.15, 0.2) is 0 Å². The molecule has 1 aromatic rings. The van der Waals surface area contributed by atoms with Gasteiger partial charge in [-0.15, -0.1) is 0 Å². The maximum absolute atomic E-state index is 12.1. The number of fused-ring (bicyclic) bond motifs is 1. The summed E-state index contributed by atoms with van der Waals surface area (Å²) in [6, 6.07) is 4.75. The standard InChI is InChI=1S/C15H20N2O3/c1-2-3-13(15(19)20)17-14(18)11-4-5-12-9-16-7-6-10(12)8-11/h4-5,8,13,16H,2-3,6-7,9H2,1H3,(H,17,18)(H,19,20). The minimum absolute atomic E-state index is 0.313. The molecule has 2 rings (SSSR count). The van der Waals surface area contributed by atoms with Crippen molar-refractivity contribution in [1.29, 1.82) is 0 Å². The van der Waals surface area contributed by atoms with Crippen LogP contribution in [0.25, 0.3) is 0 Å². The van der Waals surface area contributed by atoms with Gasteiger partial charge in [0.1, 0.15) is 6.04 Å². The summed E-state index contributed by atoms with van der Waals surface area (Å²) in [5, 5.41) is 14.9. The van der Waals surface area contributed by atoms with Gasteiger partial charge in [0.2, 0.25) is 0 Å². The minimum Gasteiger partial charge on any atom is -0.480 e. The van der Waals surface area contributed by atoms with Gasteiger partial charge in [-0.1, -0.05) is 19.4 Å². The van der Waals surface area contributed by atoms with Gasteiger partial charge in [-0.2, -0.15) is 0 Å². The van der Waals surface area contributed by atoms with E-state index in [-0.39, 0.29) is 5.91 Å². The zero-order valence-corrected chi connectivity index (χ0v) is 11.6. The first-order valence-corrected chi connectivity index (χ1v) is 6.98. The lowest BCUT2D eigenvalue weighted by molar-refractivity contribution is -0.139. The van der Waals surface area contributed by atoms with Crippen molar-refractivity contribution < 1.29 is 14.7 Å². The molecule has 1 atom stereocenters. The monoisotopic (exact) mass is 276 g/mol. The Morgan fingerprint density at radius 1 is 1.40 bits per heavy atom. The quantitative estimate of drug-likeness (QED) is 0.758. The normalized spacial score (nSPS) is 15.2. The van der Waals surface area contributed by atoms with E-state index in [4.69, 9.17) is 5.11 Å². The molecule has 1 aromatic carbocycles. The third kappa shape index (κ3) is 3.36. The molecule has 5 heteroatoms. The van der Waals surface area contributed by atoms with Crippen LogP contribution in [-0.4, -0.2) is 29.6 Å². The highest BCUT2D eigenvalue weighted by Gasteiger charge is 2.20. The molecule has 0 saturated carbocycles. The Kier molecular flexibility index (Phi) is 4.74. The molecule has 3 N–H and O–H groups in total. The molecule has 0 spiro atoms. The number of benzene rings is 1. The third-order valence-electron chi connectivity index (χ3n) is 3.54. The van der Waals surface area contributed by atoms with E-state index >= 15 is 0 Å². The van der Waals surface area contributed by atoms with Crippen LogP contribution in [0.1, 0.15) is 41.3 Å². The zero-order valence-electron chi connectivity index (χ0n) is 11.6. The largest absolute Gasteiger partial charge is 0.480 e. The highest BCUT2D eigenvalue weighted by atomic mass is 16.4. The van der Waals surface area contributed by atoms with Crippen molar-refractivity contribution >= 4 is 11.9 Å². The molecule has 0 aliphatic carbocycles. The van der Waals surface area contributed by atoms with Crippen LogP contribution < -0.4 is 10.6 Å². The van der Waals surface area contributed by atoms with Crippen LogP contribution in [0.5, 0.6) is 0 Å². The van der Waals surface area contributed by atoms with Gasteiger partial charge in [-0.05, 0) is 42.6 Å². The van der Waals surface area contributed by atoms with Crippen LogP contribution in [-0.2, 0) is 17.8 Å². The molecule has 1 aliphatic heterocycles. The summed E-state index contributed by atoms with van der Waals surface area (Å²) >= 11 is 0. The molecule has 20 heavy (non-hydrogen) atoms. The van der Waals surface area contributed by atoms with E-state index in [1.165, 1.54) is 11.1 Å². The molecule has 0 radical (unpaired) electrons. The molecule has 1 aliphatic rings. The number of rotatable bonds is 5. The van der Waals surface area contributed by atoms with Crippen LogP contribution in [0.4, 0.5) is 0 Å². The predicted molar refractivity (Wildman–Crippen MR) is 75.7 cm³/mol. The SMILES string of the molecule is CCCC(NC(=O)c1ccc2c(c1)CCNC2)C(=O)O. The Morgan fingerprint density at radius 3 is 2.90 bits per heavy atom. The van der Waals surface area contributed by atoms with Crippen molar-refractivity contribution in [2.45, 2.75) is 38.8 Å². The molecule has 1 heterocycles. The topological polar surface area (TPSA) is 78.4 Å². The Balaban J connectivity index is 2.10. The predicted octanol–water partition coefficient (Wildman–Crippen LogP) is 1.32. The number of carbonyl (C=O) groups is 2. The third-order valence-corrected chi connectivity index (χ3v) is 3.54. The second-order valence-corrected chi connectivity index (χ2v) is 5.06. The van der Waals surface area contributed by atoms with Crippen LogP contribution in [0.15, 0.2) is 18.2 Å². The van der Waals surface area contributed by atoms with E-state index in [9.17, 15) is 9.59 Å². The van der Waals surface area contributed by atoms with Crippen LogP contribution >= 0.6 is 0 Å². The van der Waals surface area contributed by atoms with Crippen molar-refractivity contribution in [3.05, 3.63) is 34.9 Å². The van der Waals surface area contributed by atoms with Crippen molar-refractivity contribution in [2.24, 2.45) is 0 Å². The second-order valence-electron chi connectivity index (χ2n) is 5.06. The molecule has 108 valence electrons. The number of carboxylic acids is 1. The maximum atomic E-state index is 12.1. The number of hydrogen-bond acceptors (Lipinski definition) is 3. The van der Waals surface area contributed by atoms with Gasteiger partial charge < -0.3 is 15.7 Å². The fourth-order valence-corrected chi connectivity index (χ4v) is 2.41. The molecular formula is C15H20N2O3. The summed E-state index contributed by atoms with van der Waals surface area (Å²) < 4.78 is 0. The van der Waals surface area contributed by atoms with E-state index < -0.39 is 12.0 Å². The number of aliphatic carboxylic acids is 1. The Bertz CT molecular complexity index is 514. The lowest BCUT2D eigenvalue weighted by Gasteiger charge is -2.18. The first kappa shape index (κ1) is 14.5. The summed E-state index contributed by atoms with van der Waals surface area (Å²) in [4.78, 5) is 23.2. The molecule has 0 aromatic heterocycles. The van der Waals surface area contributed by atoms with Crippen molar-refractivity contribution in [2.75, 3.05) is 6.54 Å². The van der Waals surface area contributed by atoms with E-state index in [2.05, 4.69) is 10.6 Å². The lowest BCUT2D eigenvalue weighted by atomic mass is 9.98. The summed E-state index contributed by atoms with van der Waals surface area (Å²) in [5.74, 6) is -1.30. The smallest absolute Gasteiger partial charge is 0.326 e. The first-order chi connectivity index (χ1) is 9.61. The van der Waals surface area contributed by atoms with Crippen LogP contribution in [0.3, 0.4) is 0 Å². The maximum Gasteiger partial charge on any atom is 0.326 e. The number of carboxylic acid groups (broad SMARTS) is 1. The Morgan fingerprint density at radius 2 is 2.20 bits per heavy atom. The van der Waals surface area contributed by atoms with Crippen molar-refractivity contribution in [3.63, 3.8) is 0 Å². The summed E-state index contributed by atoms with van der Waals surface area (Å²) in [6.45, 7) is 3.63. The Labute approximate surface area is 118 Å². The number of hydrogen-bond donors (Lipinski definition) is 3. The number of nitrogens with one attached hydrogen (secondary N) is 2. The van der Waals surface area contributed by atoms with Crippen LogP contribution in [0.2, 0.25) is 0 Å². The average Bonchev–Trinajstić information content (AvgIpc) is 2.46. The fourth-order valence-electron chi connectivity index (χ4n) is 2.41. The summed E-state index contributed by atoms with van der Waals surface area (Å²) in [7, 11) is 0. The molecule has 0 saturated heterocycles. The summed E-state index contributed by atoms with van der Waals surface area (Å²) in [5.41, 5.74) is 2.91. The molecular weight excluding hydrogens is 256 g/mol. The van der Waals surface area contributed by atoms with Gasteiger partial charge in [0.05, 0.1) is 0 Å². The summed E-state index contributed by atoms with van der Waals surface area (Å²) in [6.07, 6.45) is 2.05. The molecule has 0 fully saturated rings.